The summed E-state index contributed by atoms with van der Waals surface area (Å²) >= 11 is 0. The lowest BCUT2D eigenvalue weighted by Gasteiger charge is -2.18. The molecule has 0 bridgehead atoms. The Bertz CT molecular complexity index is 1330. The van der Waals surface area contributed by atoms with Crippen LogP contribution < -0.4 is 0 Å². The largest absolute Gasteiger partial charge is 0.462 e. The molecule has 396 valence electrons. The third kappa shape index (κ3) is 55.4. The Morgan fingerprint density at radius 3 is 0.899 bits per heavy atom. The fraction of sp³-hybridized carbons (Fsp3) is 0.730. The Hall–Kier alpha value is -3.41. The second-order valence-electron chi connectivity index (χ2n) is 19.2. The number of unbranched alkanes of at least 4 members (excludes halogenated alkanes) is 27. The summed E-state index contributed by atoms with van der Waals surface area (Å²) in [5, 5.41) is 0. The van der Waals surface area contributed by atoms with Crippen LogP contribution in [0.2, 0.25) is 0 Å². The number of hydrogen-bond acceptors (Lipinski definition) is 6. The van der Waals surface area contributed by atoms with E-state index in [-0.39, 0.29) is 31.1 Å². The van der Waals surface area contributed by atoms with Crippen LogP contribution in [0.5, 0.6) is 0 Å². The zero-order valence-corrected chi connectivity index (χ0v) is 45.3. The monoisotopic (exact) mass is 961 g/mol. The zero-order valence-electron chi connectivity index (χ0n) is 45.3. The molecule has 0 fully saturated rings. The highest BCUT2D eigenvalue weighted by molar-refractivity contribution is 5.71. The van der Waals surface area contributed by atoms with Gasteiger partial charge in [0.1, 0.15) is 13.2 Å². The fourth-order valence-corrected chi connectivity index (χ4v) is 7.99. The number of rotatable bonds is 52. The third-order valence-corrected chi connectivity index (χ3v) is 12.4. The molecule has 1 atom stereocenters. The van der Waals surface area contributed by atoms with Crippen LogP contribution >= 0.6 is 0 Å². The smallest absolute Gasteiger partial charge is 0.306 e. The number of carbonyl (C=O) groups is 3. The lowest BCUT2D eigenvalue weighted by atomic mass is 10.1. The van der Waals surface area contributed by atoms with Crippen molar-refractivity contribution >= 4 is 17.9 Å². The molecule has 0 aromatic carbocycles. The van der Waals surface area contributed by atoms with Crippen LogP contribution in [0.25, 0.3) is 0 Å². The lowest BCUT2D eigenvalue weighted by molar-refractivity contribution is -0.167. The van der Waals surface area contributed by atoms with Crippen molar-refractivity contribution in [3.63, 3.8) is 0 Å². The molecule has 0 aromatic rings. The van der Waals surface area contributed by atoms with E-state index in [1.807, 2.05) is 0 Å². The molecule has 0 heterocycles. The van der Waals surface area contributed by atoms with Crippen LogP contribution in [0.15, 0.2) is 85.1 Å². The van der Waals surface area contributed by atoms with Gasteiger partial charge in [-0.25, -0.2) is 0 Å². The van der Waals surface area contributed by atoms with Gasteiger partial charge in [0.2, 0.25) is 0 Å². The molecule has 0 saturated carbocycles. The highest BCUT2D eigenvalue weighted by Gasteiger charge is 2.19. The Morgan fingerprint density at radius 1 is 0.304 bits per heavy atom. The van der Waals surface area contributed by atoms with Crippen LogP contribution in [-0.2, 0) is 28.6 Å². The summed E-state index contributed by atoms with van der Waals surface area (Å²) in [6, 6.07) is 0. The summed E-state index contributed by atoms with van der Waals surface area (Å²) in [7, 11) is 0. The van der Waals surface area contributed by atoms with E-state index in [9.17, 15) is 14.4 Å². The average molecular weight is 962 g/mol. The molecule has 0 radical (unpaired) electrons. The molecule has 0 aliphatic carbocycles. The minimum absolute atomic E-state index is 0.0923. The van der Waals surface area contributed by atoms with E-state index < -0.39 is 6.10 Å². The van der Waals surface area contributed by atoms with Gasteiger partial charge in [0.05, 0.1) is 0 Å². The first kappa shape index (κ1) is 65.6. The summed E-state index contributed by atoms with van der Waals surface area (Å²) in [6.07, 6.45) is 74.3. The highest BCUT2D eigenvalue weighted by Crippen LogP contribution is 2.14. The van der Waals surface area contributed by atoms with E-state index in [4.69, 9.17) is 14.2 Å². The van der Waals surface area contributed by atoms with Crippen molar-refractivity contribution in [1.29, 1.82) is 0 Å². The van der Waals surface area contributed by atoms with Crippen molar-refractivity contribution in [2.24, 2.45) is 0 Å². The van der Waals surface area contributed by atoms with Gasteiger partial charge in [-0.1, -0.05) is 228 Å². The van der Waals surface area contributed by atoms with E-state index >= 15 is 0 Å². The molecule has 0 N–H and O–H groups in total. The fourth-order valence-electron chi connectivity index (χ4n) is 7.99. The van der Waals surface area contributed by atoms with Gasteiger partial charge in [0, 0.05) is 19.3 Å². The molecule has 0 aliphatic heterocycles. The number of hydrogen-bond donors (Lipinski definition) is 0. The predicted octanol–water partition coefficient (Wildman–Crippen LogP) is 19.5. The van der Waals surface area contributed by atoms with E-state index in [1.165, 1.54) is 116 Å². The molecule has 6 heteroatoms. The average Bonchev–Trinajstić information content (AvgIpc) is 3.35. The SMILES string of the molecule is CC/C=C\C/C=C\C/C=C\CCCCCCCC(=O)OC(COC(=O)CCCCCCC/C=C\CCCCCCCC)COC(=O)CCCCCCCC/C=C\C/C=C\C/C=C\CCCCCCC. The van der Waals surface area contributed by atoms with Crippen LogP contribution in [0.1, 0.15) is 278 Å². The standard InChI is InChI=1S/C63H108O6/c1-4-7-10-13-16-19-22-25-28-29-30-31-32-33-36-38-41-44-47-50-53-56-62(65)68-59-60(69-63(66)57-54-51-48-45-42-39-35-27-24-21-18-15-12-9-6-3)58-67-61(64)55-52-49-46-43-40-37-34-26-23-20-17-14-11-8-5-2/h9,12,18,21-22,25-27,29-30,32-35,60H,4-8,10-11,13-17,19-20,23-24,28,31,36-59H2,1-3H3/b12-9-,21-18-,25-22-,30-29-,33-32-,34-26-,35-27-. The lowest BCUT2D eigenvalue weighted by Crippen LogP contribution is -2.30. The molecule has 0 rings (SSSR count). The number of allylic oxidation sites excluding steroid dienone is 14. The van der Waals surface area contributed by atoms with Gasteiger partial charge >= 0.3 is 17.9 Å². The van der Waals surface area contributed by atoms with Crippen molar-refractivity contribution in [2.75, 3.05) is 13.2 Å². The van der Waals surface area contributed by atoms with Gasteiger partial charge < -0.3 is 14.2 Å². The summed E-state index contributed by atoms with van der Waals surface area (Å²) in [5.74, 6) is -0.925. The first-order valence-electron chi connectivity index (χ1n) is 29.1. The van der Waals surface area contributed by atoms with Crippen molar-refractivity contribution in [2.45, 2.75) is 284 Å². The summed E-state index contributed by atoms with van der Waals surface area (Å²) in [5.41, 5.74) is 0. The topological polar surface area (TPSA) is 78.9 Å². The van der Waals surface area contributed by atoms with Crippen LogP contribution in [0.3, 0.4) is 0 Å². The Kier molecular flexibility index (Phi) is 54.3. The maximum absolute atomic E-state index is 12.8. The van der Waals surface area contributed by atoms with Gasteiger partial charge in [-0.05, 0) is 116 Å². The van der Waals surface area contributed by atoms with Crippen molar-refractivity contribution < 1.29 is 28.6 Å². The quantitative estimate of drug-likeness (QED) is 0.0262. The van der Waals surface area contributed by atoms with Crippen molar-refractivity contribution in [3.8, 4) is 0 Å². The first-order chi connectivity index (χ1) is 34.0. The molecule has 0 saturated heterocycles. The minimum Gasteiger partial charge on any atom is -0.462 e. The van der Waals surface area contributed by atoms with Crippen LogP contribution in [-0.4, -0.2) is 37.2 Å². The third-order valence-electron chi connectivity index (χ3n) is 12.4. The molecule has 0 spiro atoms. The normalized spacial score (nSPS) is 12.7. The molecular formula is C63H108O6. The van der Waals surface area contributed by atoms with Gasteiger partial charge in [-0.15, -0.1) is 0 Å². The van der Waals surface area contributed by atoms with E-state index in [2.05, 4.69) is 106 Å². The summed E-state index contributed by atoms with van der Waals surface area (Å²) in [4.78, 5) is 38.2. The van der Waals surface area contributed by atoms with Gasteiger partial charge in [0.25, 0.3) is 0 Å². The number of carbonyl (C=O) groups excluding carboxylic acids is 3. The second-order valence-corrected chi connectivity index (χ2v) is 19.2. The molecular weight excluding hydrogens is 853 g/mol. The van der Waals surface area contributed by atoms with Crippen LogP contribution in [0, 0.1) is 0 Å². The van der Waals surface area contributed by atoms with Crippen molar-refractivity contribution in [3.05, 3.63) is 85.1 Å². The Morgan fingerprint density at radius 2 is 0.565 bits per heavy atom. The predicted molar refractivity (Wildman–Crippen MR) is 297 cm³/mol. The first-order valence-corrected chi connectivity index (χ1v) is 29.1. The number of esters is 3. The Labute approximate surface area is 426 Å². The van der Waals surface area contributed by atoms with E-state index in [1.54, 1.807) is 0 Å². The van der Waals surface area contributed by atoms with Gasteiger partial charge in [-0.3, -0.25) is 14.4 Å². The number of ether oxygens (including phenoxy) is 3. The minimum atomic E-state index is -0.795. The van der Waals surface area contributed by atoms with Crippen LogP contribution in [0.4, 0.5) is 0 Å². The summed E-state index contributed by atoms with van der Waals surface area (Å²) < 4.78 is 16.8. The van der Waals surface area contributed by atoms with Gasteiger partial charge in [0.15, 0.2) is 6.10 Å². The second kappa shape index (κ2) is 57.2. The van der Waals surface area contributed by atoms with E-state index in [0.717, 1.165) is 122 Å². The molecule has 0 amide bonds. The Balaban J connectivity index is 4.42. The molecule has 1 unspecified atom stereocenters. The zero-order chi connectivity index (χ0) is 50.0. The molecule has 69 heavy (non-hydrogen) atoms. The van der Waals surface area contributed by atoms with E-state index in [0.29, 0.717) is 19.3 Å². The van der Waals surface area contributed by atoms with Crippen molar-refractivity contribution in [1.82, 2.24) is 0 Å². The molecule has 0 aliphatic rings. The van der Waals surface area contributed by atoms with Gasteiger partial charge in [-0.2, -0.15) is 0 Å². The summed E-state index contributed by atoms with van der Waals surface area (Å²) in [6.45, 7) is 6.49. The molecule has 6 nitrogen and oxygen atoms in total. The maximum Gasteiger partial charge on any atom is 0.306 e. The highest BCUT2D eigenvalue weighted by atomic mass is 16.6. The maximum atomic E-state index is 12.8. The molecule has 0 aromatic heterocycles.